The molecule has 0 bridgehead atoms. The van der Waals surface area contributed by atoms with E-state index >= 15 is 0 Å². The fraction of sp³-hybridized carbons (Fsp3) is 0.286. The average Bonchev–Trinajstić information content (AvgIpc) is 3.19. The zero-order chi connectivity index (χ0) is 20.5. The van der Waals surface area contributed by atoms with E-state index in [1.807, 2.05) is 36.4 Å². The normalized spacial score (nSPS) is 16.0. The van der Waals surface area contributed by atoms with Crippen molar-refractivity contribution in [1.29, 1.82) is 0 Å². The van der Waals surface area contributed by atoms with Crippen molar-refractivity contribution < 1.29 is 18.9 Å². The van der Waals surface area contributed by atoms with Crippen LogP contribution in [0.15, 0.2) is 41.6 Å². The summed E-state index contributed by atoms with van der Waals surface area (Å²) in [5.41, 5.74) is 3.19. The number of hydrogen-bond donors (Lipinski definition) is 1. The van der Waals surface area contributed by atoms with Crippen molar-refractivity contribution in [1.82, 2.24) is 15.2 Å². The number of hydrogen-bond acceptors (Lipinski definition) is 9. The van der Waals surface area contributed by atoms with Gasteiger partial charge in [0.2, 0.25) is 23.6 Å². The van der Waals surface area contributed by atoms with Crippen LogP contribution in [0.3, 0.4) is 0 Å². The molecule has 0 unspecified atom stereocenters. The van der Waals surface area contributed by atoms with Gasteiger partial charge in [0.15, 0.2) is 23.4 Å². The Labute approximate surface area is 177 Å². The van der Waals surface area contributed by atoms with E-state index in [9.17, 15) is 0 Å². The first-order chi connectivity index (χ1) is 14.8. The minimum atomic E-state index is -0.531. The van der Waals surface area contributed by atoms with Gasteiger partial charge >= 0.3 is 0 Å². The van der Waals surface area contributed by atoms with Crippen molar-refractivity contribution in [2.75, 3.05) is 25.0 Å². The monoisotopic (exact) mass is 424 g/mol. The minimum Gasteiger partial charge on any atom is -0.493 e. The number of benzene rings is 2. The molecule has 0 aliphatic carbocycles. The SMILES string of the molecule is CCCSc1nnc2c(n1)O[C@H](c1cc(OC)c3c(c1)OCO3)Nc1ccccc1-2. The Hall–Kier alpha value is -3.20. The lowest BCUT2D eigenvalue weighted by Gasteiger charge is -2.20. The minimum absolute atomic E-state index is 0.162. The van der Waals surface area contributed by atoms with Gasteiger partial charge in [-0.15, -0.1) is 10.2 Å². The van der Waals surface area contributed by atoms with E-state index in [1.54, 1.807) is 18.9 Å². The zero-order valence-electron chi connectivity index (χ0n) is 16.5. The van der Waals surface area contributed by atoms with Gasteiger partial charge < -0.3 is 24.3 Å². The van der Waals surface area contributed by atoms with Crippen molar-refractivity contribution in [3.8, 4) is 34.4 Å². The zero-order valence-corrected chi connectivity index (χ0v) is 17.4. The Morgan fingerprint density at radius 1 is 1.20 bits per heavy atom. The van der Waals surface area contributed by atoms with Gasteiger partial charge in [-0.2, -0.15) is 4.98 Å². The van der Waals surface area contributed by atoms with E-state index < -0.39 is 6.23 Å². The number of aromatic nitrogens is 3. The Morgan fingerprint density at radius 3 is 2.97 bits per heavy atom. The van der Waals surface area contributed by atoms with E-state index in [4.69, 9.17) is 18.9 Å². The molecule has 9 heteroatoms. The van der Waals surface area contributed by atoms with Crippen LogP contribution in [0.25, 0.3) is 11.3 Å². The predicted molar refractivity (Wildman–Crippen MR) is 112 cm³/mol. The van der Waals surface area contributed by atoms with Gasteiger partial charge in [-0.3, -0.25) is 0 Å². The van der Waals surface area contributed by atoms with Crippen molar-refractivity contribution in [3.05, 3.63) is 42.0 Å². The van der Waals surface area contributed by atoms with Gasteiger partial charge in [0.05, 0.1) is 7.11 Å². The topological polar surface area (TPSA) is 87.6 Å². The molecule has 8 nitrogen and oxygen atoms in total. The molecule has 0 saturated heterocycles. The summed E-state index contributed by atoms with van der Waals surface area (Å²) in [6.07, 6.45) is 0.493. The molecular weight excluding hydrogens is 404 g/mol. The quantitative estimate of drug-likeness (QED) is 0.603. The number of anilines is 1. The molecule has 0 saturated carbocycles. The van der Waals surface area contributed by atoms with Crippen LogP contribution >= 0.6 is 11.8 Å². The Kier molecular flexibility index (Phi) is 4.96. The molecule has 1 N–H and O–H groups in total. The highest BCUT2D eigenvalue weighted by Crippen LogP contribution is 2.45. The highest BCUT2D eigenvalue weighted by Gasteiger charge is 2.29. The maximum atomic E-state index is 6.32. The third-order valence-electron chi connectivity index (χ3n) is 4.75. The molecule has 154 valence electrons. The van der Waals surface area contributed by atoms with Crippen molar-refractivity contribution >= 4 is 17.4 Å². The van der Waals surface area contributed by atoms with Crippen LogP contribution in [0.4, 0.5) is 5.69 Å². The fourth-order valence-electron chi connectivity index (χ4n) is 3.35. The molecule has 3 heterocycles. The summed E-state index contributed by atoms with van der Waals surface area (Å²) in [7, 11) is 1.60. The number of rotatable bonds is 5. The number of fused-ring (bicyclic) bond motifs is 4. The molecule has 1 atom stereocenters. The molecule has 3 aromatic rings. The van der Waals surface area contributed by atoms with Gasteiger partial charge in [0.1, 0.15) is 0 Å². The lowest BCUT2D eigenvalue weighted by Crippen LogP contribution is -2.17. The van der Waals surface area contributed by atoms with Crippen LogP contribution in [0.5, 0.6) is 23.1 Å². The van der Waals surface area contributed by atoms with Gasteiger partial charge in [-0.05, 0) is 24.6 Å². The molecule has 0 radical (unpaired) electrons. The number of nitrogens with one attached hydrogen (secondary N) is 1. The lowest BCUT2D eigenvalue weighted by molar-refractivity contribution is 0.171. The first kappa shape index (κ1) is 18.8. The lowest BCUT2D eigenvalue weighted by atomic mass is 10.1. The number of ether oxygens (including phenoxy) is 4. The summed E-state index contributed by atoms with van der Waals surface area (Å²) in [5, 5.41) is 12.7. The largest absolute Gasteiger partial charge is 0.493 e. The van der Waals surface area contributed by atoms with E-state index in [0.717, 1.165) is 29.0 Å². The Bertz CT molecular complexity index is 1090. The first-order valence-electron chi connectivity index (χ1n) is 9.64. The number of nitrogens with zero attached hydrogens (tertiary/aromatic N) is 3. The van der Waals surface area contributed by atoms with Crippen molar-refractivity contribution in [2.24, 2.45) is 0 Å². The third-order valence-corrected chi connectivity index (χ3v) is 5.80. The molecule has 2 aromatic carbocycles. The Morgan fingerprint density at radius 2 is 2.10 bits per heavy atom. The summed E-state index contributed by atoms with van der Waals surface area (Å²) < 4.78 is 22.9. The van der Waals surface area contributed by atoms with Crippen LogP contribution in [0, 0.1) is 0 Å². The predicted octanol–water partition coefficient (Wildman–Crippen LogP) is 4.28. The van der Waals surface area contributed by atoms with Gasteiger partial charge in [-0.1, -0.05) is 36.9 Å². The molecule has 0 amide bonds. The first-order valence-corrected chi connectivity index (χ1v) is 10.6. The third kappa shape index (κ3) is 3.35. The van der Waals surface area contributed by atoms with Gasteiger partial charge in [0, 0.05) is 22.6 Å². The molecule has 2 aliphatic heterocycles. The highest BCUT2D eigenvalue weighted by molar-refractivity contribution is 7.99. The average molecular weight is 424 g/mol. The molecule has 30 heavy (non-hydrogen) atoms. The van der Waals surface area contributed by atoms with Crippen molar-refractivity contribution in [3.63, 3.8) is 0 Å². The fourth-order valence-corrected chi connectivity index (χ4v) is 3.99. The Balaban J connectivity index is 1.59. The van der Waals surface area contributed by atoms with E-state index in [1.165, 1.54) is 0 Å². The van der Waals surface area contributed by atoms with Crippen LogP contribution in [0.2, 0.25) is 0 Å². The second-order valence-electron chi connectivity index (χ2n) is 6.74. The second-order valence-corrected chi connectivity index (χ2v) is 7.80. The summed E-state index contributed by atoms with van der Waals surface area (Å²) in [4.78, 5) is 4.64. The molecule has 1 aromatic heterocycles. The molecule has 0 spiro atoms. The van der Waals surface area contributed by atoms with Crippen LogP contribution in [-0.4, -0.2) is 34.8 Å². The number of para-hydroxylation sites is 1. The summed E-state index contributed by atoms with van der Waals surface area (Å²) in [6.45, 7) is 2.28. The maximum Gasteiger partial charge on any atom is 0.247 e. The molecule has 0 fully saturated rings. The van der Waals surface area contributed by atoms with E-state index in [-0.39, 0.29) is 6.79 Å². The maximum absolute atomic E-state index is 6.32. The van der Waals surface area contributed by atoms with Gasteiger partial charge in [0.25, 0.3) is 0 Å². The smallest absolute Gasteiger partial charge is 0.247 e. The molecule has 5 rings (SSSR count). The second kappa shape index (κ2) is 7.91. The summed E-state index contributed by atoms with van der Waals surface area (Å²) >= 11 is 1.56. The molecule has 2 aliphatic rings. The standard InChI is InChI=1S/C21H20N4O4S/c1-3-8-30-21-23-20-17(24-25-21)13-6-4-5-7-14(13)22-19(29-20)12-9-15(26-2)18-16(10-12)27-11-28-18/h4-7,9-10,19,22H,3,8,11H2,1-2H3/t19-/m1/s1. The van der Waals surface area contributed by atoms with Crippen LogP contribution in [-0.2, 0) is 0 Å². The van der Waals surface area contributed by atoms with E-state index in [2.05, 4.69) is 27.4 Å². The number of thioether (sulfide) groups is 1. The van der Waals surface area contributed by atoms with Crippen LogP contribution < -0.4 is 24.3 Å². The van der Waals surface area contributed by atoms with Crippen LogP contribution in [0.1, 0.15) is 25.1 Å². The van der Waals surface area contributed by atoms with Gasteiger partial charge in [-0.25, -0.2) is 0 Å². The summed E-state index contributed by atoms with van der Waals surface area (Å²) in [6, 6.07) is 11.6. The van der Waals surface area contributed by atoms with Crippen molar-refractivity contribution in [2.45, 2.75) is 24.7 Å². The summed E-state index contributed by atoms with van der Waals surface area (Å²) in [5.74, 6) is 3.15. The highest BCUT2D eigenvalue weighted by atomic mass is 32.2. The number of methoxy groups -OCH3 is 1. The molecular formula is C21H20N4O4S. The van der Waals surface area contributed by atoms with E-state index in [0.29, 0.717) is 34.0 Å².